The van der Waals surface area contributed by atoms with Crippen molar-refractivity contribution in [3.05, 3.63) is 48.3 Å². The summed E-state index contributed by atoms with van der Waals surface area (Å²) in [5, 5.41) is 8.84. The molecule has 0 bridgehead atoms. The van der Waals surface area contributed by atoms with Gasteiger partial charge in [0.15, 0.2) is 5.78 Å². The molecule has 1 atom stereocenters. The summed E-state index contributed by atoms with van der Waals surface area (Å²) in [6.45, 7) is 0.567. The van der Waals surface area contributed by atoms with Crippen molar-refractivity contribution in [1.82, 2.24) is 9.97 Å². The van der Waals surface area contributed by atoms with Crippen LogP contribution in [-0.2, 0) is 4.79 Å². The predicted octanol–water partition coefficient (Wildman–Crippen LogP) is 3.51. The number of anilines is 1. The van der Waals surface area contributed by atoms with E-state index in [9.17, 15) is 4.79 Å². The number of methoxy groups -OCH3 is 2. The summed E-state index contributed by atoms with van der Waals surface area (Å²) in [5.41, 5.74) is 2.41. The third-order valence-electron chi connectivity index (χ3n) is 5.02. The molecular weight excluding hydrogens is 356 g/mol. The molecule has 2 N–H and O–H groups in total. The van der Waals surface area contributed by atoms with Crippen molar-refractivity contribution in [1.29, 1.82) is 5.41 Å². The molecule has 7 heteroatoms. The second-order valence-electron chi connectivity index (χ2n) is 6.75. The average Bonchev–Trinajstić information content (AvgIpc) is 3.07. The molecule has 144 valence electrons. The van der Waals surface area contributed by atoms with Gasteiger partial charge in [-0.3, -0.25) is 10.2 Å². The topological polar surface area (TPSA) is 91.3 Å². The van der Waals surface area contributed by atoms with E-state index in [0.29, 0.717) is 36.7 Å². The van der Waals surface area contributed by atoms with Gasteiger partial charge in [-0.05, 0) is 18.6 Å². The Morgan fingerprint density at radius 1 is 1.14 bits per heavy atom. The minimum Gasteiger partial charge on any atom is -0.497 e. The monoisotopic (exact) mass is 378 g/mol. The molecule has 1 aliphatic heterocycles. The largest absolute Gasteiger partial charge is 0.497 e. The third-order valence-corrected chi connectivity index (χ3v) is 5.02. The predicted molar refractivity (Wildman–Crippen MR) is 108 cm³/mol. The smallest absolute Gasteiger partial charge is 0.151 e. The molecule has 1 saturated heterocycles. The lowest BCUT2D eigenvalue weighted by atomic mass is 9.99. The zero-order chi connectivity index (χ0) is 19.7. The number of imidazole rings is 1. The normalized spacial score (nSPS) is 17.6. The van der Waals surface area contributed by atoms with Gasteiger partial charge in [0.25, 0.3) is 0 Å². The van der Waals surface area contributed by atoms with E-state index in [1.807, 2.05) is 41.3 Å². The van der Waals surface area contributed by atoms with Gasteiger partial charge in [0.05, 0.1) is 25.3 Å². The minimum absolute atomic E-state index is 0.00131. The van der Waals surface area contributed by atoms with Crippen LogP contribution in [0.5, 0.6) is 11.5 Å². The van der Waals surface area contributed by atoms with Crippen LogP contribution in [0, 0.1) is 5.41 Å². The first-order chi connectivity index (χ1) is 13.6. The first-order valence-electron chi connectivity index (χ1n) is 9.17. The lowest BCUT2D eigenvalue weighted by molar-refractivity contribution is -0.119. The highest BCUT2D eigenvalue weighted by atomic mass is 16.5. The van der Waals surface area contributed by atoms with Crippen molar-refractivity contribution in [2.45, 2.75) is 18.8 Å². The standard InChI is InChI=1S/C21H22N4O3/c1-27-14-10-13(11-15(12-14)28-2)25-9-5-8-18(26)19(20(25)22)21-23-16-6-3-4-7-17(16)24-21/h3-4,6-7,10-12,19,22H,5,8-9H2,1-2H3,(H,23,24). The van der Waals surface area contributed by atoms with E-state index in [2.05, 4.69) is 9.97 Å². The molecule has 1 aliphatic rings. The van der Waals surface area contributed by atoms with Crippen LogP contribution in [0.2, 0.25) is 0 Å². The Balaban J connectivity index is 1.76. The fourth-order valence-electron chi connectivity index (χ4n) is 3.59. The fraction of sp³-hybridized carbons (Fsp3) is 0.286. The molecule has 2 heterocycles. The van der Waals surface area contributed by atoms with Gasteiger partial charge >= 0.3 is 0 Å². The fourth-order valence-corrected chi connectivity index (χ4v) is 3.59. The summed E-state index contributed by atoms with van der Waals surface area (Å²) in [6, 6.07) is 13.1. The number of aromatic nitrogens is 2. The molecule has 0 radical (unpaired) electrons. The molecule has 1 fully saturated rings. The van der Waals surface area contributed by atoms with Gasteiger partial charge in [-0.2, -0.15) is 0 Å². The number of para-hydroxylation sites is 2. The first-order valence-corrected chi connectivity index (χ1v) is 9.17. The molecule has 0 saturated carbocycles. The molecule has 1 aromatic heterocycles. The van der Waals surface area contributed by atoms with E-state index >= 15 is 0 Å². The molecular formula is C21H22N4O3. The van der Waals surface area contributed by atoms with Gasteiger partial charge in [0.1, 0.15) is 29.1 Å². The number of nitrogens with one attached hydrogen (secondary N) is 2. The van der Waals surface area contributed by atoms with E-state index < -0.39 is 5.92 Å². The van der Waals surface area contributed by atoms with Crippen molar-refractivity contribution in [2.24, 2.45) is 0 Å². The highest BCUT2D eigenvalue weighted by Crippen LogP contribution is 2.33. The van der Waals surface area contributed by atoms with Gasteiger partial charge in [0, 0.05) is 36.9 Å². The van der Waals surface area contributed by atoms with E-state index in [1.165, 1.54) is 0 Å². The summed E-state index contributed by atoms with van der Waals surface area (Å²) in [5.74, 6) is 1.26. The van der Waals surface area contributed by atoms with Crippen LogP contribution in [0.15, 0.2) is 42.5 Å². The van der Waals surface area contributed by atoms with E-state index in [1.54, 1.807) is 20.3 Å². The van der Waals surface area contributed by atoms with Crippen LogP contribution in [0.1, 0.15) is 24.6 Å². The number of rotatable bonds is 4. The van der Waals surface area contributed by atoms with Crippen LogP contribution in [0.3, 0.4) is 0 Å². The van der Waals surface area contributed by atoms with Gasteiger partial charge < -0.3 is 19.4 Å². The summed E-state index contributed by atoms with van der Waals surface area (Å²) in [6.07, 6.45) is 1.07. The van der Waals surface area contributed by atoms with Gasteiger partial charge in [-0.15, -0.1) is 0 Å². The third kappa shape index (κ3) is 3.19. The number of benzene rings is 2. The van der Waals surface area contributed by atoms with E-state index in [-0.39, 0.29) is 11.6 Å². The Kier molecular flexibility index (Phi) is 4.73. The number of hydrogen-bond donors (Lipinski definition) is 2. The highest BCUT2D eigenvalue weighted by molar-refractivity contribution is 6.14. The van der Waals surface area contributed by atoms with Crippen molar-refractivity contribution >= 4 is 28.3 Å². The highest BCUT2D eigenvalue weighted by Gasteiger charge is 2.34. The molecule has 0 spiro atoms. The molecule has 28 heavy (non-hydrogen) atoms. The summed E-state index contributed by atoms with van der Waals surface area (Å²) in [7, 11) is 3.18. The van der Waals surface area contributed by atoms with Gasteiger partial charge in [-0.25, -0.2) is 4.98 Å². The zero-order valence-corrected chi connectivity index (χ0v) is 15.9. The van der Waals surface area contributed by atoms with Gasteiger partial charge in [-0.1, -0.05) is 12.1 Å². The number of carbonyl (C=O) groups excluding carboxylic acids is 1. The lowest BCUT2D eigenvalue weighted by Gasteiger charge is -2.26. The number of fused-ring (bicyclic) bond motifs is 1. The summed E-state index contributed by atoms with van der Waals surface area (Å²) in [4.78, 5) is 22.5. The zero-order valence-electron chi connectivity index (χ0n) is 15.9. The average molecular weight is 378 g/mol. The minimum atomic E-state index is -0.730. The van der Waals surface area contributed by atoms with Crippen molar-refractivity contribution in [3.63, 3.8) is 0 Å². The number of nitrogens with zero attached hydrogens (tertiary/aromatic N) is 2. The second-order valence-corrected chi connectivity index (χ2v) is 6.75. The maximum atomic E-state index is 12.8. The maximum absolute atomic E-state index is 12.8. The van der Waals surface area contributed by atoms with Gasteiger partial charge in [0.2, 0.25) is 0 Å². The van der Waals surface area contributed by atoms with E-state index in [0.717, 1.165) is 16.7 Å². The summed E-state index contributed by atoms with van der Waals surface area (Å²) < 4.78 is 10.7. The Morgan fingerprint density at radius 3 is 2.54 bits per heavy atom. The molecule has 3 aromatic rings. The van der Waals surface area contributed by atoms with Crippen LogP contribution in [0.25, 0.3) is 11.0 Å². The van der Waals surface area contributed by atoms with Crippen molar-refractivity contribution in [2.75, 3.05) is 25.7 Å². The Labute approximate surface area is 162 Å². The molecule has 7 nitrogen and oxygen atoms in total. The van der Waals surface area contributed by atoms with Crippen LogP contribution >= 0.6 is 0 Å². The Morgan fingerprint density at radius 2 is 1.86 bits per heavy atom. The second kappa shape index (κ2) is 7.34. The van der Waals surface area contributed by atoms with Crippen LogP contribution in [0.4, 0.5) is 5.69 Å². The summed E-state index contributed by atoms with van der Waals surface area (Å²) >= 11 is 0. The van der Waals surface area contributed by atoms with Crippen molar-refractivity contribution < 1.29 is 14.3 Å². The first kappa shape index (κ1) is 18.0. The maximum Gasteiger partial charge on any atom is 0.151 e. The van der Waals surface area contributed by atoms with E-state index in [4.69, 9.17) is 14.9 Å². The number of ether oxygens (including phenoxy) is 2. The number of aromatic amines is 1. The number of carbonyl (C=O) groups is 1. The molecule has 1 unspecified atom stereocenters. The van der Waals surface area contributed by atoms with Crippen LogP contribution in [-0.4, -0.2) is 42.4 Å². The number of Topliss-reactive ketones (excluding diaryl/α,β-unsaturated/α-hetero) is 1. The molecule has 2 aromatic carbocycles. The quantitative estimate of drug-likeness (QED) is 0.725. The number of amidine groups is 1. The Hall–Kier alpha value is -3.35. The molecule has 4 rings (SSSR count). The SMILES string of the molecule is COc1cc(OC)cc(N2CCCC(=O)C(c3nc4ccccc4[nH]3)C2=N)c1. The molecule has 0 amide bonds. The number of H-pyrrole nitrogens is 1. The lowest BCUT2D eigenvalue weighted by Crippen LogP contribution is -2.36. The number of ketones is 1. The number of hydrogen-bond acceptors (Lipinski definition) is 5. The van der Waals surface area contributed by atoms with Crippen molar-refractivity contribution in [3.8, 4) is 11.5 Å². The van der Waals surface area contributed by atoms with Crippen LogP contribution < -0.4 is 14.4 Å². The Bertz CT molecular complexity index is 988. The molecule has 0 aliphatic carbocycles.